The van der Waals surface area contributed by atoms with E-state index in [1.165, 1.54) is 0 Å². The van der Waals surface area contributed by atoms with Gasteiger partial charge in [0.2, 0.25) is 0 Å². The van der Waals surface area contributed by atoms with Crippen molar-refractivity contribution < 1.29 is 0 Å². The van der Waals surface area contributed by atoms with Crippen LogP contribution in [0.4, 0.5) is 5.82 Å². The maximum Gasteiger partial charge on any atom is 0.166 e. The molecule has 2 heterocycles. The van der Waals surface area contributed by atoms with Gasteiger partial charge in [0.25, 0.3) is 0 Å². The topological polar surface area (TPSA) is 53.6 Å². The van der Waals surface area contributed by atoms with Gasteiger partial charge in [0.1, 0.15) is 5.82 Å². The van der Waals surface area contributed by atoms with Crippen LogP contribution in [0, 0.1) is 0 Å². The molecule has 0 amide bonds. The van der Waals surface area contributed by atoms with Crippen LogP contribution < -0.4 is 5.32 Å². The number of aromatic nitrogens is 3. The van der Waals surface area contributed by atoms with Crippen LogP contribution in [-0.2, 0) is 0 Å². The number of halogens is 1. The van der Waals surface area contributed by atoms with Crippen molar-refractivity contribution in [2.75, 3.05) is 17.6 Å². The zero-order valence-corrected chi connectivity index (χ0v) is 12.4. The molecule has 2 N–H and O–H groups in total. The van der Waals surface area contributed by atoms with Crippen molar-refractivity contribution >= 4 is 41.0 Å². The molecule has 0 bridgehead atoms. The maximum absolute atomic E-state index is 4.52. The fourth-order valence-electron chi connectivity index (χ4n) is 1.79. The average Bonchev–Trinajstić information content (AvgIpc) is 2.87. The first kappa shape index (κ1) is 14.7. The van der Waals surface area contributed by atoms with Crippen LogP contribution in [-0.4, -0.2) is 27.2 Å². The highest BCUT2D eigenvalue weighted by Gasteiger charge is 2.01. The number of pyridine rings is 1. The van der Waals surface area contributed by atoms with Crippen molar-refractivity contribution in [1.29, 1.82) is 0 Å². The summed E-state index contributed by atoms with van der Waals surface area (Å²) in [5.41, 5.74) is 2.10. The van der Waals surface area contributed by atoms with E-state index in [-0.39, 0.29) is 12.4 Å². The Kier molecular flexibility index (Phi) is 5.26. The van der Waals surface area contributed by atoms with E-state index in [2.05, 4.69) is 20.3 Å². The lowest BCUT2D eigenvalue weighted by atomic mass is 10.3. The predicted molar refractivity (Wildman–Crippen MR) is 86.8 cm³/mol. The number of hydrogen-bond acceptors (Lipinski definition) is 4. The summed E-state index contributed by atoms with van der Waals surface area (Å²) in [7, 11) is 0. The lowest BCUT2D eigenvalue weighted by molar-refractivity contribution is 1.07. The highest BCUT2D eigenvalue weighted by atomic mass is 35.5. The summed E-state index contributed by atoms with van der Waals surface area (Å²) in [6.45, 7) is 0.860. The molecule has 6 heteroatoms. The van der Waals surface area contributed by atoms with Gasteiger partial charge in [-0.25, -0.2) is 9.97 Å². The molecule has 0 atom stereocenters. The summed E-state index contributed by atoms with van der Waals surface area (Å²) in [6.07, 6.45) is 1.79. The minimum Gasteiger partial charge on any atom is -0.369 e. The van der Waals surface area contributed by atoms with Gasteiger partial charge in [-0.2, -0.15) is 0 Å². The molecule has 4 nitrogen and oxygen atoms in total. The Morgan fingerprint density at radius 2 is 1.95 bits per heavy atom. The predicted octanol–water partition coefficient (Wildman–Crippen LogP) is 3.58. The molecule has 0 spiro atoms. The quantitative estimate of drug-likeness (QED) is 0.559. The van der Waals surface area contributed by atoms with Gasteiger partial charge in [-0.15, -0.1) is 12.4 Å². The number of nitrogens with one attached hydrogen (secondary N) is 2. The van der Waals surface area contributed by atoms with Gasteiger partial charge in [0.15, 0.2) is 5.16 Å². The molecule has 20 heavy (non-hydrogen) atoms. The summed E-state index contributed by atoms with van der Waals surface area (Å²) >= 11 is 1.71. The van der Waals surface area contributed by atoms with Crippen LogP contribution in [0.5, 0.6) is 0 Å². The first-order chi connectivity index (χ1) is 9.42. The summed E-state index contributed by atoms with van der Waals surface area (Å²) in [5.74, 6) is 1.85. The molecule has 0 unspecified atom stereocenters. The number of rotatable bonds is 5. The van der Waals surface area contributed by atoms with Crippen molar-refractivity contribution in [2.24, 2.45) is 0 Å². The number of para-hydroxylation sites is 2. The van der Waals surface area contributed by atoms with Crippen molar-refractivity contribution in [3.63, 3.8) is 0 Å². The van der Waals surface area contributed by atoms with Crippen LogP contribution in [0.15, 0.2) is 53.8 Å². The Morgan fingerprint density at radius 1 is 1.10 bits per heavy atom. The number of aromatic amines is 1. The molecule has 0 aliphatic rings. The first-order valence-electron chi connectivity index (χ1n) is 6.14. The Labute approximate surface area is 127 Å². The first-order valence-corrected chi connectivity index (χ1v) is 7.13. The number of fused-ring (bicyclic) bond motifs is 1. The maximum atomic E-state index is 4.52. The van der Waals surface area contributed by atoms with E-state index >= 15 is 0 Å². The molecular weight excluding hydrogens is 292 g/mol. The Morgan fingerprint density at radius 3 is 2.75 bits per heavy atom. The third kappa shape index (κ3) is 3.65. The van der Waals surface area contributed by atoms with Gasteiger partial charge >= 0.3 is 0 Å². The molecule has 0 saturated carbocycles. The van der Waals surface area contributed by atoms with E-state index in [1.807, 2.05) is 42.5 Å². The third-order valence-electron chi connectivity index (χ3n) is 2.68. The molecule has 2 aromatic heterocycles. The summed E-state index contributed by atoms with van der Waals surface area (Å²) in [6, 6.07) is 13.9. The molecule has 0 aliphatic heterocycles. The molecule has 0 fully saturated rings. The van der Waals surface area contributed by atoms with Crippen molar-refractivity contribution in [2.45, 2.75) is 5.16 Å². The smallest absolute Gasteiger partial charge is 0.166 e. The molecule has 0 saturated heterocycles. The Bertz CT molecular complexity index is 623. The fraction of sp³-hybridized carbons (Fsp3) is 0.143. The largest absolute Gasteiger partial charge is 0.369 e. The molecular formula is C14H15ClN4S. The zero-order chi connectivity index (χ0) is 12.9. The van der Waals surface area contributed by atoms with E-state index in [0.29, 0.717) is 0 Å². The van der Waals surface area contributed by atoms with Crippen LogP contribution in [0.2, 0.25) is 0 Å². The van der Waals surface area contributed by atoms with Crippen LogP contribution in [0.3, 0.4) is 0 Å². The van der Waals surface area contributed by atoms with E-state index in [9.17, 15) is 0 Å². The van der Waals surface area contributed by atoms with Crippen LogP contribution >= 0.6 is 24.2 Å². The van der Waals surface area contributed by atoms with Gasteiger partial charge in [0.05, 0.1) is 11.0 Å². The molecule has 3 rings (SSSR count). The second kappa shape index (κ2) is 7.17. The van der Waals surface area contributed by atoms with Crippen LogP contribution in [0.25, 0.3) is 11.0 Å². The number of anilines is 1. The van der Waals surface area contributed by atoms with E-state index in [0.717, 1.165) is 34.3 Å². The van der Waals surface area contributed by atoms with Crippen molar-refractivity contribution in [3.8, 4) is 0 Å². The normalized spacial score (nSPS) is 10.2. The SMILES string of the molecule is Cl.c1ccc(NCCSc2nc3ccccc3[nH]2)nc1. The summed E-state index contributed by atoms with van der Waals surface area (Å²) in [4.78, 5) is 12.0. The second-order valence-electron chi connectivity index (χ2n) is 4.05. The van der Waals surface area contributed by atoms with Gasteiger partial charge in [-0.1, -0.05) is 30.0 Å². The minimum atomic E-state index is 0. The lowest BCUT2D eigenvalue weighted by Crippen LogP contribution is -2.05. The zero-order valence-electron chi connectivity index (χ0n) is 10.7. The third-order valence-corrected chi connectivity index (χ3v) is 3.55. The van der Waals surface area contributed by atoms with Crippen LogP contribution in [0.1, 0.15) is 0 Å². The standard InChI is InChI=1S/C14H14N4S.ClH/c1-2-6-12-11(5-1)17-14(18-12)19-10-9-16-13-7-3-4-8-15-13;/h1-8H,9-10H2,(H,15,16)(H,17,18);1H. The number of benzene rings is 1. The lowest BCUT2D eigenvalue weighted by Gasteiger charge is -2.03. The van der Waals surface area contributed by atoms with Crippen molar-refractivity contribution in [1.82, 2.24) is 15.0 Å². The number of nitrogens with zero attached hydrogens (tertiary/aromatic N) is 2. The van der Waals surface area contributed by atoms with Gasteiger partial charge in [-0.3, -0.25) is 0 Å². The average molecular weight is 307 g/mol. The number of H-pyrrole nitrogens is 1. The van der Waals surface area contributed by atoms with E-state index in [4.69, 9.17) is 0 Å². The fourth-order valence-corrected chi connectivity index (χ4v) is 2.53. The van der Waals surface area contributed by atoms with Gasteiger partial charge < -0.3 is 10.3 Å². The second-order valence-corrected chi connectivity index (χ2v) is 5.13. The minimum absolute atomic E-state index is 0. The molecule has 104 valence electrons. The molecule has 1 aromatic carbocycles. The number of thioether (sulfide) groups is 1. The summed E-state index contributed by atoms with van der Waals surface area (Å²) in [5, 5.41) is 4.24. The van der Waals surface area contributed by atoms with Gasteiger partial charge in [0, 0.05) is 18.5 Å². The number of hydrogen-bond donors (Lipinski definition) is 2. The molecule has 0 aliphatic carbocycles. The highest BCUT2D eigenvalue weighted by molar-refractivity contribution is 7.99. The van der Waals surface area contributed by atoms with Gasteiger partial charge in [-0.05, 0) is 24.3 Å². The Balaban J connectivity index is 0.00000147. The van der Waals surface area contributed by atoms with E-state index < -0.39 is 0 Å². The number of imidazole rings is 1. The van der Waals surface area contributed by atoms with Crippen molar-refractivity contribution in [3.05, 3.63) is 48.7 Å². The highest BCUT2D eigenvalue weighted by Crippen LogP contribution is 2.18. The molecule has 3 aromatic rings. The van der Waals surface area contributed by atoms with E-state index in [1.54, 1.807) is 18.0 Å². The molecule has 0 radical (unpaired) electrons. The monoisotopic (exact) mass is 306 g/mol. The Hall–Kier alpha value is -1.72. The summed E-state index contributed by atoms with van der Waals surface area (Å²) < 4.78 is 0.